The maximum atomic E-state index is 12.5. The van der Waals surface area contributed by atoms with Gasteiger partial charge in [-0.15, -0.1) is 0 Å². The van der Waals surface area contributed by atoms with Gasteiger partial charge in [0.25, 0.3) is 0 Å². The molecule has 94 valence electrons. The number of ether oxygens (including phenoxy) is 1. The summed E-state index contributed by atoms with van der Waals surface area (Å²) in [5.74, 6) is 0.0221. The lowest BCUT2D eigenvalue weighted by molar-refractivity contribution is -0.142. The van der Waals surface area contributed by atoms with Gasteiger partial charge in [0, 0.05) is 26.3 Å². The first kappa shape index (κ1) is 12.4. The lowest BCUT2D eigenvalue weighted by atomic mass is 9.80. The largest absolute Gasteiger partial charge is 0.381 e. The van der Waals surface area contributed by atoms with E-state index in [1.54, 1.807) is 0 Å². The van der Waals surface area contributed by atoms with Gasteiger partial charge in [-0.2, -0.15) is 5.26 Å². The zero-order valence-corrected chi connectivity index (χ0v) is 10.7. The molecule has 0 saturated carbocycles. The number of nitrogens with zero attached hydrogens (tertiary/aromatic N) is 2. The Bertz CT molecular complexity index is 351. The van der Waals surface area contributed by atoms with E-state index in [-0.39, 0.29) is 11.3 Å². The van der Waals surface area contributed by atoms with E-state index >= 15 is 0 Å². The standard InChI is InChI=1S/C13H20N2O2/c1-12(2)3-6-15(10-12)11(16)13(9-14)4-7-17-8-5-13/h3-8,10H2,1-2H3. The van der Waals surface area contributed by atoms with Crippen LogP contribution in [0.4, 0.5) is 0 Å². The summed E-state index contributed by atoms with van der Waals surface area (Å²) >= 11 is 0. The van der Waals surface area contributed by atoms with Crippen LogP contribution in [0.5, 0.6) is 0 Å². The van der Waals surface area contributed by atoms with Crippen LogP contribution in [0, 0.1) is 22.2 Å². The summed E-state index contributed by atoms with van der Waals surface area (Å²) in [7, 11) is 0. The minimum absolute atomic E-state index is 0.0221. The third-order valence-electron chi connectivity index (χ3n) is 3.93. The van der Waals surface area contributed by atoms with Crippen LogP contribution in [0.3, 0.4) is 0 Å². The van der Waals surface area contributed by atoms with Gasteiger partial charge in [0.05, 0.1) is 6.07 Å². The van der Waals surface area contributed by atoms with Crippen molar-refractivity contribution in [3.63, 3.8) is 0 Å². The van der Waals surface area contributed by atoms with Crippen molar-refractivity contribution in [1.29, 1.82) is 5.26 Å². The Morgan fingerprint density at radius 3 is 2.41 bits per heavy atom. The van der Waals surface area contributed by atoms with Crippen LogP contribution in [0.2, 0.25) is 0 Å². The fraction of sp³-hybridized carbons (Fsp3) is 0.846. The monoisotopic (exact) mass is 236 g/mol. The van der Waals surface area contributed by atoms with Gasteiger partial charge in [0.15, 0.2) is 0 Å². The number of hydrogen-bond donors (Lipinski definition) is 0. The molecule has 2 aliphatic rings. The number of carbonyl (C=O) groups is 1. The molecular weight excluding hydrogens is 216 g/mol. The van der Waals surface area contributed by atoms with Crippen LogP contribution < -0.4 is 0 Å². The summed E-state index contributed by atoms with van der Waals surface area (Å²) in [4.78, 5) is 14.4. The van der Waals surface area contributed by atoms with E-state index in [9.17, 15) is 10.1 Å². The molecule has 0 unspecified atom stereocenters. The lowest BCUT2D eigenvalue weighted by Crippen LogP contribution is -2.45. The summed E-state index contributed by atoms with van der Waals surface area (Å²) in [6.07, 6.45) is 2.11. The molecule has 0 atom stereocenters. The molecule has 2 heterocycles. The number of hydrogen-bond acceptors (Lipinski definition) is 3. The molecule has 0 aliphatic carbocycles. The zero-order chi connectivity index (χ0) is 12.5. The van der Waals surface area contributed by atoms with Crippen LogP contribution in [-0.4, -0.2) is 37.1 Å². The van der Waals surface area contributed by atoms with Gasteiger partial charge in [-0.05, 0) is 24.7 Å². The van der Waals surface area contributed by atoms with E-state index in [0.29, 0.717) is 26.1 Å². The van der Waals surface area contributed by atoms with Crippen molar-refractivity contribution in [3.05, 3.63) is 0 Å². The quantitative estimate of drug-likeness (QED) is 0.694. The highest BCUT2D eigenvalue weighted by atomic mass is 16.5. The molecule has 2 saturated heterocycles. The number of rotatable bonds is 1. The molecule has 2 fully saturated rings. The van der Waals surface area contributed by atoms with Crippen LogP contribution in [-0.2, 0) is 9.53 Å². The molecule has 0 radical (unpaired) electrons. The zero-order valence-electron chi connectivity index (χ0n) is 10.7. The first-order valence-corrected chi connectivity index (χ1v) is 6.28. The maximum absolute atomic E-state index is 12.5. The SMILES string of the molecule is CC1(C)CCN(C(=O)C2(C#N)CCOCC2)C1. The van der Waals surface area contributed by atoms with Crippen LogP contribution in [0.1, 0.15) is 33.1 Å². The van der Waals surface area contributed by atoms with E-state index in [1.807, 2.05) is 4.90 Å². The average Bonchev–Trinajstić information content (AvgIpc) is 2.69. The molecule has 1 amide bonds. The van der Waals surface area contributed by atoms with Crippen molar-refractivity contribution < 1.29 is 9.53 Å². The molecule has 0 spiro atoms. The third-order valence-corrected chi connectivity index (χ3v) is 3.93. The highest BCUT2D eigenvalue weighted by molar-refractivity contribution is 5.86. The molecule has 0 N–H and O–H groups in total. The van der Waals surface area contributed by atoms with Crippen molar-refractivity contribution in [2.45, 2.75) is 33.1 Å². The van der Waals surface area contributed by atoms with Gasteiger partial charge < -0.3 is 9.64 Å². The lowest BCUT2D eigenvalue weighted by Gasteiger charge is -2.33. The molecular formula is C13H20N2O2. The summed E-state index contributed by atoms with van der Waals surface area (Å²) in [6.45, 7) is 6.95. The Labute approximate surface area is 103 Å². The summed E-state index contributed by atoms with van der Waals surface area (Å²) in [5.41, 5.74) is -0.629. The van der Waals surface area contributed by atoms with Gasteiger partial charge in [-0.1, -0.05) is 13.8 Å². The Morgan fingerprint density at radius 1 is 1.29 bits per heavy atom. The predicted octanol–water partition coefficient (Wildman–Crippen LogP) is 1.57. The number of nitriles is 1. The van der Waals surface area contributed by atoms with E-state index in [4.69, 9.17) is 4.74 Å². The molecule has 0 aromatic heterocycles. The normalized spacial score (nSPS) is 26.5. The molecule has 4 nitrogen and oxygen atoms in total. The van der Waals surface area contributed by atoms with Crippen LogP contribution in [0.25, 0.3) is 0 Å². The molecule has 2 aliphatic heterocycles. The van der Waals surface area contributed by atoms with Gasteiger partial charge in [0.1, 0.15) is 5.41 Å². The summed E-state index contributed by atoms with van der Waals surface area (Å²) in [5, 5.41) is 9.35. The van der Waals surface area contributed by atoms with Gasteiger partial charge in [-0.25, -0.2) is 0 Å². The molecule has 17 heavy (non-hydrogen) atoms. The second kappa shape index (κ2) is 4.30. The summed E-state index contributed by atoms with van der Waals surface area (Å²) in [6, 6.07) is 2.25. The van der Waals surface area contributed by atoms with Crippen molar-refractivity contribution in [1.82, 2.24) is 4.90 Å². The van der Waals surface area contributed by atoms with E-state index in [0.717, 1.165) is 19.5 Å². The fourth-order valence-corrected chi connectivity index (χ4v) is 2.68. The highest BCUT2D eigenvalue weighted by Crippen LogP contribution is 2.36. The Hall–Kier alpha value is -1.08. The molecule has 2 rings (SSSR count). The predicted molar refractivity (Wildman–Crippen MR) is 63.1 cm³/mol. The molecule has 0 aromatic carbocycles. The minimum atomic E-state index is -0.821. The second-order valence-electron chi connectivity index (χ2n) is 5.95. The smallest absolute Gasteiger partial charge is 0.243 e. The van der Waals surface area contributed by atoms with E-state index < -0.39 is 5.41 Å². The van der Waals surface area contributed by atoms with Crippen LogP contribution in [0.15, 0.2) is 0 Å². The van der Waals surface area contributed by atoms with E-state index in [2.05, 4.69) is 19.9 Å². The first-order valence-electron chi connectivity index (χ1n) is 6.28. The molecule has 4 heteroatoms. The first-order chi connectivity index (χ1) is 7.99. The van der Waals surface area contributed by atoms with Crippen molar-refractivity contribution >= 4 is 5.91 Å². The third kappa shape index (κ3) is 2.30. The topological polar surface area (TPSA) is 53.3 Å². The van der Waals surface area contributed by atoms with Gasteiger partial charge in [-0.3, -0.25) is 4.79 Å². The Morgan fingerprint density at radius 2 is 1.94 bits per heavy atom. The number of amides is 1. The molecule has 0 aromatic rings. The maximum Gasteiger partial charge on any atom is 0.243 e. The van der Waals surface area contributed by atoms with Gasteiger partial charge in [0.2, 0.25) is 5.91 Å². The van der Waals surface area contributed by atoms with Crippen molar-refractivity contribution in [2.24, 2.45) is 10.8 Å². The molecule has 0 bridgehead atoms. The Balaban J connectivity index is 2.11. The number of carbonyl (C=O) groups excluding carboxylic acids is 1. The second-order valence-corrected chi connectivity index (χ2v) is 5.95. The van der Waals surface area contributed by atoms with E-state index in [1.165, 1.54) is 0 Å². The average molecular weight is 236 g/mol. The van der Waals surface area contributed by atoms with Crippen molar-refractivity contribution in [2.75, 3.05) is 26.3 Å². The highest BCUT2D eigenvalue weighted by Gasteiger charge is 2.45. The number of likely N-dealkylation sites (tertiary alicyclic amines) is 1. The van der Waals surface area contributed by atoms with Crippen LogP contribution >= 0.6 is 0 Å². The van der Waals surface area contributed by atoms with Crippen molar-refractivity contribution in [3.8, 4) is 6.07 Å². The fourth-order valence-electron chi connectivity index (χ4n) is 2.68. The summed E-state index contributed by atoms with van der Waals surface area (Å²) < 4.78 is 5.26. The Kier molecular flexibility index (Phi) is 3.13. The minimum Gasteiger partial charge on any atom is -0.381 e. The van der Waals surface area contributed by atoms with Gasteiger partial charge >= 0.3 is 0 Å².